The maximum atomic E-state index is 12.6. The monoisotopic (exact) mass is 580 g/mol. The number of benzene rings is 4. The van der Waals surface area contributed by atoms with Crippen molar-refractivity contribution in [1.29, 1.82) is 0 Å². The molecule has 0 aromatic heterocycles. The predicted molar refractivity (Wildman–Crippen MR) is 154 cm³/mol. The van der Waals surface area contributed by atoms with Crippen LogP contribution >= 0.6 is 0 Å². The van der Waals surface area contributed by atoms with Gasteiger partial charge in [0, 0.05) is 11.4 Å². The normalized spacial score (nSPS) is 13.1. The molecule has 208 valence electrons. The van der Waals surface area contributed by atoms with Gasteiger partial charge in [0.2, 0.25) is 0 Å². The summed E-state index contributed by atoms with van der Waals surface area (Å²) >= 11 is 0. The Morgan fingerprint density at radius 3 is 1.20 bits per heavy atom. The largest absolute Gasteiger partial charge is 0.382 e. The summed E-state index contributed by atoms with van der Waals surface area (Å²) < 4.78 is 61.0. The molecule has 40 heavy (non-hydrogen) atoms. The van der Waals surface area contributed by atoms with E-state index < -0.39 is 36.8 Å². The van der Waals surface area contributed by atoms with Gasteiger partial charge < -0.3 is 19.0 Å². The van der Waals surface area contributed by atoms with Gasteiger partial charge >= 0.3 is 26.3 Å². The van der Waals surface area contributed by atoms with Crippen molar-refractivity contribution in [2.75, 3.05) is 10.6 Å². The van der Waals surface area contributed by atoms with E-state index in [0.717, 1.165) is 0 Å². The lowest BCUT2D eigenvalue weighted by atomic mass is 10.2. The van der Waals surface area contributed by atoms with Crippen LogP contribution in [-0.4, -0.2) is 22.9 Å². The second-order valence-electron chi connectivity index (χ2n) is 8.89. The molecule has 4 aromatic rings. The molecule has 0 saturated carbocycles. The minimum absolute atomic E-state index is 0.112. The fourth-order valence-electron chi connectivity index (χ4n) is 3.68. The first-order chi connectivity index (χ1) is 19.0. The predicted octanol–water partition coefficient (Wildman–Crippen LogP) is 6.27. The van der Waals surface area contributed by atoms with E-state index in [0.29, 0.717) is 22.5 Å². The molecule has 4 rings (SSSR count). The van der Waals surface area contributed by atoms with Crippen molar-refractivity contribution in [2.24, 2.45) is 0 Å². The molecule has 9 nitrogen and oxygen atoms in total. The fourth-order valence-corrected chi connectivity index (χ4v) is 5.70. The van der Waals surface area contributed by atoms with Gasteiger partial charge in [-0.3, -0.25) is 0 Å². The van der Waals surface area contributed by atoms with Crippen LogP contribution in [-0.2, 0) is 20.2 Å². The molecule has 0 heterocycles. The number of nitrogens with one attached hydrogen (secondary N) is 2. The van der Waals surface area contributed by atoms with Crippen LogP contribution in [0.5, 0.6) is 11.5 Å². The first-order valence-electron chi connectivity index (χ1n) is 12.3. The van der Waals surface area contributed by atoms with Crippen LogP contribution in [0.15, 0.2) is 109 Å². The van der Waals surface area contributed by atoms with Gasteiger partial charge in [0.15, 0.2) is 0 Å². The Hall–Kier alpha value is -4.35. The standard InChI is InChI=1S/C29H28N2O7S2/c1-21(23-9-5-3-6-10-23)39(33,34)37-27-17-13-25(14-18-27)30-29(32)31-26-15-19-28(20-16-26)38-40(35,36)22(2)24-11-7-4-8-12-24/h3-22H,1-2H3,(H2,30,31,32). The van der Waals surface area contributed by atoms with Gasteiger partial charge in [0.05, 0.1) is 0 Å². The number of hydrogen-bond donors (Lipinski definition) is 2. The summed E-state index contributed by atoms with van der Waals surface area (Å²) in [5.74, 6) is 0.224. The number of anilines is 2. The van der Waals surface area contributed by atoms with Crippen molar-refractivity contribution in [1.82, 2.24) is 0 Å². The lowest BCUT2D eigenvalue weighted by Crippen LogP contribution is -2.19. The highest BCUT2D eigenvalue weighted by atomic mass is 32.2. The van der Waals surface area contributed by atoms with Gasteiger partial charge in [-0.2, -0.15) is 16.8 Å². The minimum Gasteiger partial charge on any atom is -0.382 e. The summed E-state index contributed by atoms with van der Waals surface area (Å²) in [7, 11) is -7.85. The highest BCUT2D eigenvalue weighted by molar-refractivity contribution is 7.87. The van der Waals surface area contributed by atoms with Crippen LogP contribution in [0.1, 0.15) is 35.5 Å². The lowest BCUT2D eigenvalue weighted by Gasteiger charge is -2.15. The summed E-state index contributed by atoms with van der Waals surface area (Å²) in [6.45, 7) is 3.10. The van der Waals surface area contributed by atoms with Crippen molar-refractivity contribution < 1.29 is 30.0 Å². The maximum absolute atomic E-state index is 12.6. The number of carbonyl (C=O) groups is 1. The Kier molecular flexibility index (Phi) is 8.76. The molecule has 2 amide bonds. The Balaban J connectivity index is 1.31. The van der Waals surface area contributed by atoms with E-state index >= 15 is 0 Å². The van der Waals surface area contributed by atoms with Gasteiger partial charge in [-0.15, -0.1) is 0 Å². The second-order valence-corrected chi connectivity index (χ2v) is 12.6. The van der Waals surface area contributed by atoms with Crippen LogP contribution < -0.4 is 19.0 Å². The van der Waals surface area contributed by atoms with Crippen LogP contribution in [0, 0.1) is 0 Å². The molecule has 4 aromatic carbocycles. The zero-order chi connectivity index (χ0) is 28.8. The molecule has 0 bridgehead atoms. The van der Waals surface area contributed by atoms with Gasteiger partial charge in [-0.1, -0.05) is 60.7 Å². The number of urea groups is 1. The third-order valence-electron chi connectivity index (χ3n) is 6.05. The van der Waals surface area contributed by atoms with Crippen molar-refractivity contribution in [3.8, 4) is 11.5 Å². The van der Waals surface area contributed by atoms with Crippen LogP contribution in [0.3, 0.4) is 0 Å². The fraction of sp³-hybridized carbons (Fsp3) is 0.138. The molecule has 0 spiro atoms. The molecule has 2 N–H and O–H groups in total. The molecular formula is C29H28N2O7S2. The molecule has 2 unspecified atom stereocenters. The SMILES string of the molecule is CC(c1ccccc1)S(=O)(=O)Oc1ccc(NC(=O)Nc2ccc(OS(=O)(=O)C(C)c3ccccc3)cc2)cc1. The third-order valence-corrected chi connectivity index (χ3v) is 9.18. The van der Waals surface area contributed by atoms with E-state index in [1.165, 1.54) is 48.5 Å². The Morgan fingerprint density at radius 2 is 0.875 bits per heavy atom. The maximum Gasteiger partial charge on any atom is 0.323 e. The molecule has 0 aliphatic heterocycles. The average Bonchev–Trinajstić information content (AvgIpc) is 2.95. The molecule has 0 radical (unpaired) electrons. The van der Waals surface area contributed by atoms with E-state index in [9.17, 15) is 21.6 Å². The summed E-state index contributed by atoms with van der Waals surface area (Å²) in [4.78, 5) is 12.4. The highest BCUT2D eigenvalue weighted by Crippen LogP contribution is 2.28. The van der Waals surface area contributed by atoms with Crippen LogP contribution in [0.4, 0.5) is 16.2 Å². The minimum atomic E-state index is -3.92. The zero-order valence-corrected chi connectivity index (χ0v) is 23.4. The van der Waals surface area contributed by atoms with E-state index in [2.05, 4.69) is 10.6 Å². The topological polar surface area (TPSA) is 128 Å². The summed E-state index contributed by atoms with van der Waals surface area (Å²) in [6, 6.07) is 28.7. The summed E-state index contributed by atoms with van der Waals surface area (Å²) in [6.07, 6.45) is 0. The molecule has 2 atom stereocenters. The number of carbonyl (C=O) groups excluding carboxylic acids is 1. The molecule has 11 heteroatoms. The molecular weight excluding hydrogens is 552 g/mol. The van der Waals surface area contributed by atoms with Crippen molar-refractivity contribution in [3.63, 3.8) is 0 Å². The molecule has 0 fully saturated rings. The van der Waals surface area contributed by atoms with E-state index in [1.807, 2.05) is 0 Å². The Labute approximate surface area is 234 Å². The van der Waals surface area contributed by atoms with Gasteiger partial charge in [0.1, 0.15) is 22.0 Å². The van der Waals surface area contributed by atoms with Crippen molar-refractivity contribution in [2.45, 2.75) is 24.3 Å². The smallest absolute Gasteiger partial charge is 0.323 e. The summed E-state index contributed by atoms with van der Waals surface area (Å²) in [5.41, 5.74) is 2.03. The van der Waals surface area contributed by atoms with Crippen LogP contribution in [0.2, 0.25) is 0 Å². The van der Waals surface area contributed by atoms with Crippen LogP contribution in [0.25, 0.3) is 0 Å². The van der Waals surface area contributed by atoms with E-state index in [-0.39, 0.29) is 11.5 Å². The van der Waals surface area contributed by atoms with Gasteiger partial charge in [-0.25, -0.2) is 4.79 Å². The lowest BCUT2D eigenvalue weighted by molar-refractivity contribution is 0.262. The Morgan fingerprint density at radius 1 is 0.550 bits per heavy atom. The third kappa shape index (κ3) is 7.39. The van der Waals surface area contributed by atoms with Crippen molar-refractivity contribution >= 4 is 37.6 Å². The Bertz CT molecular complexity index is 1520. The highest BCUT2D eigenvalue weighted by Gasteiger charge is 2.25. The van der Waals surface area contributed by atoms with E-state index in [4.69, 9.17) is 8.37 Å². The number of hydrogen-bond acceptors (Lipinski definition) is 7. The van der Waals surface area contributed by atoms with Gasteiger partial charge in [0.25, 0.3) is 0 Å². The molecule has 0 saturated heterocycles. The number of rotatable bonds is 10. The average molecular weight is 581 g/mol. The van der Waals surface area contributed by atoms with E-state index in [1.54, 1.807) is 74.5 Å². The first-order valence-corrected chi connectivity index (χ1v) is 15.2. The number of amides is 2. The van der Waals surface area contributed by atoms with Crippen molar-refractivity contribution in [3.05, 3.63) is 120 Å². The quantitative estimate of drug-likeness (QED) is 0.212. The first kappa shape index (κ1) is 28.7. The zero-order valence-electron chi connectivity index (χ0n) is 21.7. The second kappa shape index (κ2) is 12.2. The molecule has 0 aliphatic carbocycles. The van der Waals surface area contributed by atoms with Gasteiger partial charge in [-0.05, 0) is 73.5 Å². The summed E-state index contributed by atoms with van der Waals surface area (Å²) in [5, 5.41) is 3.55. The molecule has 0 aliphatic rings.